The molecule has 0 unspecified atom stereocenters. The van der Waals surface area contributed by atoms with Gasteiger partial charge in [0.1, 0.15) is 0 Å². The highest BCUT2D eigenvalue weighted by Crippen LogP contribution is 2.12. The molecule has 0 radical (unpaired) electrons. The smallest absolute Gasteiger partial charge is 0.165 e. The van der Waals surface area contributed by atoms with Gasteiger partial charge in [-0.1, -0.05) is 44.3 Å². The Labute approximate surface area is 103 Å². The Balaban J connectivity index is 2.49. The summed E-state index contributed by atoms with van der Waals surface area (Å²) in [5.74, 6) is 0.182. The first-order valence-corrected chi connectivity index (χ1v) is 6.25. The average molecular weight is 237 g/mol. The highest BCUT2D eigenvalue weighted by molar-refractivity contribution is 7.81. The molecule has 0 fully saturated rings. The fourth-order valence-corrected chi connectivity index (χ4v) is 2.00. The van der Waals surface area contributed by atoms with Gasteiger partial charge in [0.15, 0.2) is 5.78 Å². The molecule has 0 saturated heterocycles. The molecule has 0 aromatic carbocycles. The topological polar surface area (TPSA) is 20.3 Å². The summed E-state index contributed by atoms with van der Waals surface area (Å²) in [7, 11) is 0. The van der Waals surface area contributed by atoms with Gasteiger partial charge >= 0.3 is 0 Å². The van der Waals surface area contributed by atoms with E-state index in [4.69, 9.17) is 12.2 Å². The van der Waals surface area contributed by atoms with Crippen LogP contribution in [0.3, 0.4) is 0 Å². The number of hydrogen-bond donors (Lipinski definition) is 0. The molecule has 88 valence electrons. The summed E-state index contributed by atoms with van der Waals surface area (Å²) in [6.07, 6.45) is 7.06. The van der Waals surface area contributed by atoms with Crippen molar-refractivity contribution in [2.24, 2.45) is 0 Å². The molecule has 0 atom stereocenters. The third-order valence-corrected chi connectivity index (χ3v) is 3.24. The van der Waals surface area contributed by atoms with Gasteiger partial charge in [0.25, 0.3) is 0 Å². The highest BCUT2D eigenvalue weighted by Gasteiger charge is 2.15. The van der Waals surface area contributed by atoms with Crippen molar-refractivity contribution in [3.63, 3.8) is 0 Å². The predicted octanol–water partition coefficient (Wildman–Crippen LogP) is 2.54. The van der Waals surface area contributed by atoms with E-state index in [-0.39, 0.29) is 5.78 Å². The van der Waals surface area contributed by atoms with Gasteiger partial charge in [0.2, 0.25) is 0 Å². The molecule has 0 N–H and O–H groups in total. The van der Waals surface area contributed by atoms with Crippen molar-refractivity contribution < 1.29 is 4.79 Å². The van der Waals surface area contributed by atoms with E-state index >= 15 is 0 Å². The first-order chi connectivity index (χ1) is 7.69. The summed E-state index contributed by atoms with van der Waals surface area (Å²) in [5.41, 5.74) is 0.740. The molecule has 3 heteroatoms. The van der Waals surface area contributed by atoms with Crippen molar-refractivity contribution in [2.75, 3.05) is 19.6 Å². The van der Waals surface area contributed by atoms with Crippen LogP contribution in [-0.4, -0.2) is 35.2 Å². The predicted molar refractivity (Wildman–Crippen MR) is 71.9 cm³/mol. The Morgan fingerprint density at radius 1 is 1.44 bits per heavy atom. The quantitative estimate of drug-likeness (QED) is 0.662. The van der Waals surface area contributed by atoms with Gasteiger partial charge in [-0.05, 0) is 13.1 Å². The van der Waals surface area contributed by atoms with Crippen LogP contribution in [0.25, 0.3) is 0 Å². The Morgan fingerprint density at radius 2 is 2.12 bits per heavy atom. The van der Waals surface area contributed by atoms with E-state index in [1.807, 2.05) is 18.2 Å². The average Bonchev–Trinajstić information content (AvgIpc) is 2.30. The van der Waals surface area contributed by atoms with Crippen LogP contribution in [0, 0.1) is 0 Å². The van der Waals surface area contributed by atoms with Crippen LogP contribution in [-0.2, 0) is 4.79 Å². The second kappa shape index (κ2) is 6.71. The van der Waals surface area contributed by atoms with Crippen LogP contribution in [0.1, 0.15) is 26.7 Å². The van der Waals surface area contributed by atoms with E-state index in [0.29, 0.717) is 6.42 Å². The maximum absolute atomic E-state index is 11.9. The fourth-order valence-electron chi connectivity index (χ4n) is 1.72. The molecule has 1 aliphatic rings. The van der Waals surface area contributed by atoms with Crippen LogP contribution < -0.4 is 0 Å². The van der Waals surface area contributed by atoms with Crippen molar-refractivity contribution in [1.82, 2.24) is 4.90 Å². The molecule has 0 aromatic heterocycles. The lowest BCUT2D eigenvalue weighted by Gasteiger charge is -2.18. The molecular weight excluding hydrogens is 218 g/mol. The zero-order valence-corrected chi connectivity index (χ0v) is 10.8. The van der Waals surface area contributed by atoms with Gasteiger partial charge in [0, 0.05) is 29.8 Å². The van der Waals surface area contributed by atoms with Crippen LogP contribution in [0.5, 0.6) is 0 Å². The van der Waals surface area contributed by atoms with Crippen LogP contribution >= 0.6 is 12.2 Å². The molecule has 16 heavy (non-hydrogen) atoms. The van der Waals surface area contributed by atoms with Gasteiger partial charge in [-0.25, -0.2) is 0 Å². The summed E-state index contributed by atoms with van der Waals surface area (Å²) in [5, 5.41) is 0. The second-order valence-corrected chi connectivity index (χ2v) is 4.33. The molecule has 0 saturated carbocycles. The molecule has 0 aliphatic heterocycles. The monoisotopic (exact) mass is 237 g/mol. The maximum atomic E-state index is 11.9. The number of nitrogens with zero attached hydrogens (tertiary/aromatic N) is 1. The Kier molecular flexibility index (Phi) is 5.56. The SMILES string of the molecule is CCN(CC)CCC(=O)C1=CC=CCC1=S. The first-order valence-electron chi connectivity index (χ1n) is 5.84. The van der Waals surface area contributed by atoms with Gasteiger partial charge in [0.05, 0.1) is 0 Å². The molecule has 1 rings (SSSR count). The number of allylic oxidation sites excluding steroid dienone is 4. The first kappa shape index (κ1) is 13.3. The van der Waals surface area contributed by atoms with E-state index in [1.165, 1.54) is 0 Å². The number of carbonyl (C=O) groups excluding carboxylic acids is 1. The molecule has 0 heterocycles. The van der Waals surface area contributed by atoms with Crippen LogP contribution in [0.15, 0.2) is 23.8 Å². The standard InChI is InChI=1S/C13H19NOS/c1-3-14(4-2)10-9-12(15)11-7-5-6-8-13(11)16/h5-7H,3-4,8-10H2,1-2H3. The van der Waals surface area contributed by atoms with Gasteiger partial charge in [-0.15, -0.1) is 0 Å². The number of thiocarbonyl (C=S) groups is 1. The number of rotatable bonds is 6. The summed E-state index contributed by atoms with van der Waals surface area (Å²) < 4.78 is 0. The zero-order chi connectivity index (χ0) is 12.0. The van der Waals surface area contributed by atoms with Crippen molar-refractivity contribution in [2.45, 2.75) is 26.7 Å². The fraction of sp³-hybridized carbons (Fsp3) is 0.538. The summed E-state index contributed by atoms with van der Waals surface area (Å²) >= 11 is 5.19. The number of carbonyl (C=O) groups is 1. The highest BCUT2D eigenvalue weighted by atomic mass is 32.1. The van der Waals surface area contributed by atoms with Gasteiger partial charge in [-0.2, -0.15) is 0 Å². The van der Waals surface area contributed by atoms with E-state index in [2.05, 4.69) is 18.7 Å². The number of hydrogen-bond acceptors (Lipinski definition) is 3. The van der Waals surface area contributed by atoms with Crippen molar-refractivity contribution >= 4 is 22.9 Å². The van der Waals surface area contributed by atoms with Crippen molar-refractivity contribution in [1.29, 1.82) is 0 Å². The minimum atomic E-state index is 0.182. The zero-order valence-electron chi connectivity index (χ0n) is 10.0. The largest absolute Gasteiger partial charge is 0.303 e. The van der Waals surface area contributed by atoms with E-state index in [9.17, 15) is 4.79 Å². The molecular formula is C13H19NOS. The van der Waals surface area contributed by atoms with Crippen molar-refractivity contribution in [3.05, 3.63) is 23.8 Å². The Hall–Kier alpha value is -0.800. The molecule has 2 nitrogen and oxygen atoms in total. The van der Waals surface area contributed by atoms with E-state index in [1.54, 1.807) is 0 Å². The van der Waals surface area contributed by atoms with E-state index < -0.39 is 0 Å². The summed E-state index contributed by atoms with van der Waals surface area (Å²) in [4.78, 5) is 15.0. The third-order valence-electron chi connectivity index (χ3n) is 2.85. The lowest BCUT2D eigenvalue weighted by atomic mass is 9.99. The number of Topliss-reactive ketones (excluding diaryl/α,β-unsaturated/α-hetero) is 1. The van der Waals surface area contributed by atoms with Crippen molar-refractivity contribution in [3.8, 4) is 0 Å². The Morgan fingerprint density at radius 3 is 2.69 bits per heavy atom. The minimum Gasteiger partial charge on any atom is -0.303 e. The van der Waals surface area contributed by atoms with Crippen LogP contribution in [0.2, 0.25) is 0 Å². The summed E-state index contributed by atoms with van der Waals surface area (Å²) in [6, 6.07) is 0. The second-order valence-electron chi connectivity index (χ2n) is 3.84. The maximum Gasteiger partial charge on any atom is 0.165 e. The summed E-state index contributed by atoms with van der Waals surface area (Å²) in [6.45, 7) is 7.04. The molecule has 0 aromatic rings. The third kappa shape index (κ3) is 3.65. The minimum absolute atomic E-state index is 0.182. The van der Waals surface area contributed by atoms with Gasteiger partial charge < -0.3 is 4.90 Å². The normalized spacial score (nSPS) is 15.4. The van der Waals surface area contributed by atoms with Crippen LogP contribution in [0.4, 0.5) is 0 Å². The Bertz CT molecular complexity index is 327. The lowest BCUT2D eigenvalue weighted by Crippen LogP contribution is -2.27. The number of ketones is 1. The molecule has 1 aliphatic carbocycles. The van der Waals surface area contributed by atoms with E-state index in [0.717, 1.165) is 36.5 Å². The van der Waals surface area contributed by atoms with Gasteiger partial charge in [-0.3, -0.25) is 4.79 Å². The lowest BCUT2D eigenvalue weighted by molar-refractivity contribution is -0.115. The molecule has 0 spiro atoms. The molecule has 0 amide bonds. The molecule has 0 bridgehead atoms.